The van der Waals surface area contributed by atoms with Gasteiger partial charge in [-0.3, -0.25) is 9.89 Å². The van der Waals surface area contributed by atoms with Crippen LogP contribution in [0.25, 0.3) is 0 Å². The van der Waals surface area contributed by atoms with Crippen LogP contribution < -0.4 is 10.6 Å². The van der Waals surface area contributed by atoms with Gasteiger partial charge in [-0.2, -0.15) is 0 Å². The molecule has 8 nitrogen and oxygen atoms in total. The van der Waals surface area contributed by atoms with Gasteiger partial charge in [0.1, 0.15) is 0 Å². The molecule has 0 aromatic carbocycles. The van der Waals surface area contributed by atoms with Crippen LogP contribution in [-0.2, 0) is 14.8 Å². The minimum Gasteiger partial charge on any atom is -0.379 e. The Kier molecular flexibility index (Phi) is 11.2. The molecule has 1 fully saturated rings. The van der Waals surface area contributed by atoms with E-state index in [4.69, 9.17) is 9.73 Å². The Labute approximate surface area is 165 Å². The largest absolute Gasteiger partial charge is 0.379 e. The third-order valence-corrected chi connectivity index (χ3v) is 6.14. The van der Waals surface area contributed by atoms with E-state index in [1.54, 1.807) is 0 Å². The molecular weight excluding hydrogens is 366 g/mol. The molecule has 1 saturated heterocycles. The van der Waals surface area contributed by atoms with Crippen molar-refractivity contribution in [2.24, 2.45) is 10.9 Å². The second-order valence-electron chi connectivity index (χ2n) is 7.21. The van der Waals surface area contributed by atoms with Gasteiger partial charge in [0.25, 0.3) is 0 Å². The topological polar surface area (TPSA) is 86.3 Å². The number of hydrogen-bond acceptors (Lipinski definition) is 5. The maximum Gasteiger partial charge on any atom is 0.211 e. The van der Waals surface area contributed by atoms with Gasteiger partial charge in [0, 0.05) is 45.3 Å². The fraction of sp³-hybridized carbons (Fsp3) is 0.944. The van der Waals surface area contributed by atoms with Crippen molar-refractivity contribution in [3.63, 3.8) is 0 Å². The maximum absolute atomic E-state index is 11.6. The van der Waals surface area contributed by atoms with E-state index in [0.717, 1.165) is 51.8 Å². The average Bonchev–Trinajstić information content (AvgIpc) is 2.61. The zero-order chi connectivity index (χ0) is 20.3. The Hall–Kier alpha value is -0.900. The van der Waals surface area contributed by atoms with Gasteiger partial charge in [0.15, 0.2) is 5.96 Å². The van der Waals surface area contributed by atoms with Crippen LogP contribution in [0.15, 0.2) is 4.99 Å². The Morgan fingerprint density at radius 1 is 1.22 bits per heavy atom. The summed E-state index contributed by atoms with van der Waals surface area (Å²) in [5.74, 6) is 1.31. The third kappa shape index (κ3) is 9.23. The molecule has 27 heavy (non-hydrogen) atoms. The molecule has 1 rings (SSSR count). The predicted molar refractivity (Wildman–Crippen MR) is 112 cm³/mol. The quantitative estimate of drug-likeness (QED) is 0.297. The molecule has 0 aromatic rings. The molecular formula is C18H39N5O3S. The first-order valence-corrected chi connectivity index (χ1v) is 11.9. The van der Waals surface area contributed by atoms with Gasteiger partial charge in [-0.15, -0.1) is 0 Å². The summed E-state index contributed by atoms with van der Waals surface area (Å²) in [7, 11) is -3.13. The van der Waals surface area contributed by atoms with Crippen molar-refractivity contribution < 1.29 is 13.2 Å². The monoisotopic (exact) mass is 405 g/mol. The van der Waals surface area contributed by atoms with E-state index in [1.165, 1.54) is 10.6 Å². The maximum atomic E-state index is 11.6. The zero-order valence-electron chi connectivity index (χ0n) is 17.7. The molecule has 1 aliphatic rings. The summed E-state index contributed by atoms with van der Waals surface area (Å²) >= 11 is 0. The summed E-state index contributed by atoms with van der Waals surface area (Å²) in [5, 5.41) is 6.60. The number of rotatable bonds is 11. The first kappa shape index (κ1) is 24.1. The van der Waals surface area contributed by atoms with Crippen LogP contribution in [0.2, 0.25) is 0 Å². The van der Waals surface area contributed by atoms with Crippen molar-refractivity contribution in [3.05, 3.63) is 0 Å². The lowest BCUT2D eigenvalue weighted by Crippen LogP contribution is -2.48. The van der Waals surface area contributed by atoms with Crippen LogP contribution in [0.5, 0.6) is 0 Å². The number of guanidine groups is 1. The molecule has 0 amide bonds. The normalized spacial score (nSPS) is 18.1. The van der Waals surface area contributed by atoms with E-state index in [-0.39, 0.29) is 0 Å². The molecule has 2 N–H and O–H groups in total. The highest BCUT2D eigenvalue weighted by Crippen LogP contribution is 2.13. The zero-order valence-corrected chi connectivity index (χ0v) is 18.5. The second-order valence-corrected chi connectivity index (χ2v) is 9.20. The first-order chi connectivity index (χ1) is 12.8. The average molecular weight is 406 g/mol. The van der Waals surface area contributed by atoms with Crippen molar-refractivity contribution in [2.45, 2.75) is 40.2 Å². The van der Waals surface area contributed by atoms with Crippen molar-refractivity contribution in [2.75, 3.05) is 65.3 Å². The minimum absolute atomic E-state index is 0.394. The van der Waals surface area contributed by atoms with Gasteiger partial charge in [-0.25, -0.2) is 12.7 Å². The van der Waals surface area contributed by atoms with Crippen molar-refractivity contribution in [1.82, 2.24) is 19.8 Å². The predicted octanol–water partition coefficient (Wildman–Crippen LogP) is 0.570. The SMILES string of the molecule is CCNC(=NCC(C(C)C)N1CCOCC1)NCCCN(CC)S(C)(=O)=O. The van der Waals surface area contributed by atoms with E-state index in [1.807, 2.05) is 13.8 Å². The molecule has 0 spiro atoms. The van der Waals surface area contributed by atoms with Gasteiger partial charge in [0.2, 0.25) is 10.0 Å². The van der Waals surface area contributed by atoms with E-state index >= 15 is 0 Å². The molecule has 0 bridgehead atoms. The summed E-state index contributed by atoms with van der Waals surface area (Å²) in [6.45, 7) is 15.1. The van der Waals surface area contributed by atoms with E-state index in [9.17, 15) is 8.42 Å². The lowest BCUT2D eigenvalue weighted by Gasteiger charge is -2.36. The van der Waals surface area contributed by atoms with Crippen LogP contribution in [0.4, 0.5) is 0 Å². The fourth-order valence-electron chi connectivity index (χ4n) is 3.20. The molecule has 160 valence electrons. The number of ether oxygens (including phenoxy) is 1. The number of sulfonamides is 1. The number of hydrogen-bond donors (Lipinski definition) is 2. The van der Waals surface area contributed by atoms with Gasteiger partial charge >= 0.3 is 0 Å². The summed E-state index contributed by atoms with van der Waals surface area (Å²) in [6.07, 6.45) is 2.00. The second kappa shape index (κ2) is 12.5. The Morgan fingerprint density at radius 3 is 2.41 bits per heavy atom. The van der Waals surface area contributed by atoms with Crippen LogP contribution in [0.3, 0.4) is 0 Å². The number of aliphatic imine (C=N–C) groups is 1. The standard InChI is InChI=1S/C18H39N5O3S/c1-6-19-18(20-9-8-10-23(7-2)27(5,24)25)21-15-17(16(3)4)22-11-13-26-14-12-22/h16-17H,6-15H2,1-5H3,(H2,19,20,21). The van der Waals surface area contributed by atoms with Crippen molar-refractivity contribution in [3.8, 4) is 0 Å². The Morgan fingerprint density at radius 2 is 1.89 bits per heavy atom. The van der Waals surface area contributed by atoms with Gasteiger partial charge in [-0.05, 0) is 19.3 Å². The molecule has 0 aliphatic carbocycles. The van der Waals surface area contributed by atoms with Crippen molar-refractivity contribution in [1.29, 1.82) is 0 Å². The molecule has 0 aromatic heterocycles. The molecule has 1 heterocycles. The first-order valence-electron chi connectivity index (χ1n) is 10.1. The van der Waals surface area contributed by atoms with E-state index in [2.05, 4.69) is 29.4 Å². The molecule has 0 radical (unpaired) electrons. The fourth-order valence-corrected chi connectivity index (χ4v) is 4.13. The van der Waals surface area contributed by atoms with Crippen LogP contribution in [0, 0.1) is 5.92 Å². The summed E-state index contributed by atoms with van der Waals surface area (Å²) in [6, 6.07) is 0.394. The lowest BCUT2D eigenvalue weighted by molar-refractivity contribution is 0.00867. The van der Waals surface area contributed by atoms with E-state index < -0.39 is 10.0 Å². The summed E-state index contributed by atoms with van der Waals surface area (Å²) in [5.41, 5.74) is 0. The number of nitrogens with one attached hydrogen (secondary N) is 2. The van der Waals surface area contributed by atoms with E-state index in [0.29, 0.717) is 31.6 Å². The Bertz CT molecular complexity index is 533. The minimum atomic E-state index is -3.13. The molecule has 1 atom stereocenters. The smallest absolute Gasteiger partial charge is 0.211 e. The third-order valence-electron chi connectivity index (χ3n) is 4.76. The highest BCUT2D eigenvalue weighted by molar-refractivity contribution is 7.88. The van der Waals surface area contributed by atoms with Crippen LogP contribution >= 0.6 is 0 Å². The Balaban J connectivity index is 2.54. The molecule has 9 heteroatoms. The van der Waals surface area contributed by atoms with Gasteiger partial charge < -0.3 is 15.4 Å². The molecule has 1 aliphatic heterocycles. The number of nitrogens with zero attached hydrogens (tertiary/aromatic N) is 3. The molecule has 0 saturated carbocycles. The van der Waals surface area contributed by atoms with Gasteiger partial charge in [-0.1, -0.05) is 20.8 Å². The lowest BCUT2D eigenvalue weighted by atomic mass is 10.0. The van der Waals surface area contributed by atoms with Crippen LogP contribution in [0.1, 0.15) is 34.1 Å². The number of morpholine rings is 1. The van der Waals surface area contributed by atoms with Crippen LogP contribution in [-0.4, -0.2) is 94.9 Å². The van der Waals surface area contributed by atoms with Gasteiger partial charge in [0.05, 0.1) is 26.0 Å². The molecule has 1 unspecified atom stereocenters. The summed E-state index contributed by atoms with van der Waals surface area (Å²) in [4.78, 5) is 7.24. The highest BCUT2D eigenvalue weighted by atomic mass is 32.2. The summed E-state index contributed by atoms with van der Waals surface area (Å²) < 4.78 is 30.2. The highest BCUT2D eigenvalue weighted by Gasteiger charge is 2.23. The van der Waals surface area contributed by atoms with Crippen molar-refractivity contribution >= 4 is 16.0 Å².